The zero-order valence-corrected chi connectivity index (χ0v) is 28.9. The first-order valence-electron chi connectivity index (χ1n) is 18.2. The number of fused-ring (bicyclic) bond motifs is 10. The topological polar surface area (TPSA) is 17.3 Å². The summed E-state index contributed by atoms with van der Waals surface area (Å²) in [4.78, 5) is 5.11. The SMILES string of the molecule is c1ccc(-c2c3ccccc3c(-c3ccccc3)c3cc(-c4cccc(-c5ccc6c7ccccc7c7nc8ccccc8n7c6c5)c4)ccc23)cc1. The van der Waals surface area contributed by atoms with Crippen LogP contribution in [0.4, 0.5) is 0 Å². The van der Waals surface area contributed by atoms with Gasteiger partial charge in [0.05, 0.1) is 16.6 Å². The van der Waals surface area contributed by atoms with E-state index in [9.17, 15) is 0 Å². The van der Waals surface area contributed by atoms with Crippen molar-refractivity contribution in [2.75, 3.05) is 0 Å². The van der Waals surface area contributed by atoms with Crippen LogP contribution in [0, 0.1) is 0 Å². The predicted molar refractivity (Wildman–Crippen MR) is 224 cm³/mol. The van der Waals surface area contributed by atoms with Crippen molar-refractivity contribution in [1.82, 2.24) is 9.38 Å². The van der Waals surface area contributed by atoms with Crippen LogP contribution >= 0.6 is 0 Å². The summed E-state index contributed by atoms with van der Waals surface area (Å²) >= 11 is 0. The molecule has 0 atom stereocenters. The number of pyridine rings is 1. The maximum Gasteiger partial charge on any atom is 0.146 e. The van der Waals surface area contributed by atoms with Gasteiger partial charge in [0.2, 0.25) is 0 Å². The Kier molecular flexibility index (Phi) is 6.59. The summed E-state index contributed by atoms with van der Waals surface area (Å²) < 4.78 is 2.34. The van der Waals surface area contributed by atoms with Crippen molar-refractivity contribution >= 4 is 59.9 Å². The molecule has 2 heterocycles. The Bertz CT molecular complexity index is 3210. The first-order valence-corrected chi connectivity index (χ1v) is 18.2. The Morgan fingerprint density at radius 2 is 0.774 bits per heavy atom. The summed E-state index contributed by atoms with van der Waals surface area (Å²) in [5.41, 5.74) is 14.0. The van der Waals surface area contributed by atoms with Gasteiger partial charge >= 0.3 is 0 Å². The lowest BCUT2D eigenvalue weighted by molar-refractivity contribution is 1.31. The zero-order valence-electron chi connectivity index (χ0n) is 28.9. The minimum Gasteiger partial charge on any atom is -0.292 e. The maximum absolute atomic E-state index is 5.11. The lowest BCUT2D eigenvalue weighted by Gasteiger charge is -2.19. The van der Waals surface area contributed by atoms with Gasteiger partial charge in [-0.05, 0) is 102 Å². The molecule has 0 fully saturated rings. The molecule has 2 heteroatoms. The second-order valence-electron chi connectivity index (χ2n) is 13.9. The number of rotatable bonds is 4. The van der Waals surface area contributed by atoms with Gasteiger partial charge in [0.1, 0.15) is 5.65 Å². The smallest absolute Gasteiger partial charge is 0.146 e. The quantitative estimate of drug-likeness (QED) is 0.134. The molecule has 0 N–H and O–H groups in total. The second kappa shape index (κ2) is 11.8. The first-order chi connectivity index (χ1) is 26.3. The van der Waals surface area contributed by atoms with Crippen molar-refractivity contribution in [3.63, 3.8) is 0 Å². The third-order valence-electron chi connectivity index (χ3n) is 10.9. The predicted octanol–water partition coefficient (Wildman–Crippen LogP) is 13.8. The van der Waals surface area contributed by atoms with Crippen LogP contribution in [0.1, 0.15) is 0 Å². The summed E-state index contributed by atoms with van der Waals surface area (Å²) in [5, 5.41) is 8.65. The van der Waals surface area contributed by atoms with Gasteiger partial charge in [0, 0.05) is 10.8 Å². The minimum absolute atomic E-state index is 0.994. The molecule has 0 amide bonds. The first kappa shape index (κ1) is 29.7. The van der Waals surface area contributed by atoms with E-state index in [0.29, 0.717) is 0 Å². The molecule has 0 bridgehead atoms. The van der Waals surface area contributed by atoms with Crippen molar-refractivity contribution in [2.45, 2.75) is 0 Å². The molecule has 0 saturated carbocycles. The Morgan fingerprint density at radius 1 is 0.283 bits per heavy atom. The fourth-order valence-electron chi connectivity index (χ4n) is 8.56. The van der Waals surface area contributed by atoms with Crippen LogP contribution in [0.5, 0.6) is 0 Å². The van der Waals surface area contributed by atoms with Crippen molar-refractivity contribution in [3.05, 3.63) is 194 Å². The van der Waals surface area contributed by atoms with E-state index in [1.165, 1.54) is 82.2 Å². The summed E-state index contributed by atoms with van der Waals surface area (Å²) in [7, 11) is 0. The van der Waals surface area contributed by atoms with Gasteiger partial charge < -0.3 is 0 Å². The van der Waals surface area contributed by atoms with Crippen LogP contribution in [-0.4, -0.2) is 9.38 Å². The Morgan fingerprint density at radius 3 is 1.47 bits per heavy atom. The molecule has 0 radical (unpaired) electrons. The van der Waals surface area contributed by atoms with Crippen molar-refractivity contribution in [1.29, 1.82) is 0 Å². The number of nitrogens with zero attached hydrogens (tertiary/aromatic N) is 2. The van der Waals surface area contributed by atoms with E-state index in [1.807, 2.05) is 0 Å². The molecular weight excluding hydrogens is 641 g/mol. The van der Waals surface area contributed by atoms with Gasteiger partial charge in [-0.1, -0.05) is 164 Å². The Labute approximate surface area is 306 Å². The third kappa shape index (κ3) is 4.63. The van der Waals surface area contributed by atoms with Crippen LogP contribution in [0.2, 0.25) is 0 Å². The largest absolute Gasteiger partial charge is 0.292 e. The van der Waals surface area contributed by atoms with Gasteiger partial charge in [-0.2, -0.15) is 0 Å². The highest BCUT2D eigenvalue weighted by Crippen LogP contribution is 2.45. The van der Waals surface area contributed by atoms with E-state index in [-0.39, 0.29) is 0 Å². The van der Waals surface area contributed by atoms with Crippen LogP contribution in [0.15, 0.2) is 194 Å². The van der Waals surface area contributed by atoms with Crippen LogP contribution in [-0.2, 0) is 0 Å². The summed E-state index contributed by atoms with van der Waals surface area (Å²) in [6.45, 7) is 0. The standard InChI is InChI=1S/C51H32N2/c1-3-14-33(15-4-1)49-41-21-8-9-22-42(41)50(34-16-5-2-6-17-34)45-31-37(27-29-43(45)49)35-18-13-19-36(30-35)38-26-28-40-39-20-7-10-23-44(39)51-52-46-24-11-12-25-47(46)53(51)48(40)32-38/h1-32H. The highest BCUT2D eigenvalue weighted by molar-refractivity contribution is 6.22. The van der Waals surface area contributed by atoms with Gasteiger partial charge in [-0.25, -0.2) is 4.98 Å². The molecule has 0 saturated heterocycles. The number of benzene rings is 9. The molecule has 11 rings (SSSR count). The molecule has 246 valence electrons. The van der Waals surface area contributed by atoms with E-state index >= 15 is 0 Å². The monoisotopic (exact) mass is 672 g/mol. The van der Waals surface area contributed by atoms with E-state index in [1.54, 1.807) is 0 Å². The molecule has 9 aromatic carbocycles. The lowest BCUT2D eigenvalue weighted by atomic mass is 9.85. The van der Waals surface area contributed by atoms with Gasteiger partial charge in [0.25, 0.3) is 0 Å². The second-order valence-corrected chi connectivity index (χ2v) is 13.9. The number of para-hydroxylation sites is 2. The van der Waals surface area contributed by atoms with Crippen molar-refractivity contribution in [2.24, 2.45) is 0 Å². The molecular formula is C51H32N2. The molecule has 0 spiro atoms. The number of aromatic nitrogens is 2. The fourth-order valence-corrected chi connectivity index (χ4v) is 8.56. The fraction of sp³-hybridized carbons (Fsp3) is 0. The molecule has 2 aromatic heterocycles. The Balaban J connectivity index is 1.13. The van der Waals surface area contributed by atoms with E-state index in [0.717, 1.165) is 22.2 Å². The maximum atomic E-state index is 5.11. The molecule has 53 heavy (non-hydrogen) atoms. The molecule has 0 aliphatic carbocycles. The molecule has 2 nitrogen and oxygen atoms in total. The van der Waals surface area contributed by atoms with Crippen molar-refractivity contribution < 1.29 is 0 Å². The van der Waals surface area contributed by atoms with Gasteiger partial charge in [0.15, 0.2) is 0 Å². The average Bonchev–Trinajstić information content (AvgIpc) is 3.63. The van der Waals surface area contributed by atoms with E-state index < -0.39 is 0 Å². The Hall–Kier alpha value is -7.03. The summed E-state index contributed by atoms with van der Waals surface area (Å²) in [5.74, 6) is 0. The summed E-state index contributed by atoms with van der Waals surface area (Å²) in [6.07, 6.45) is 0. The van der Waals surface area contributed by atoms with E-state index in [4.69, 9.17) is 4.98 Å². The number of imidazole rings is 1. The number of hydrogen-bond acceptors (Lipinski definition) is 1. The highest BCUT2D eigenvalue weighted by atomic mass is 15.0. The van der Waals surface area contributed by atoms with Gasteiger partial charge in [-0.15, -0.1) is 0 Å². The van der Waals surface area contributed by atoms with Crippen LogP contribution in [0.3, 0.4) is 0 Å². The summed E-state index contributed by atoms with van der Waals surface area (Å²) in [6, 6.07) is 70.5. The van der Waals surface area contributed by atoms with E-state index in [2.05, 4.69) is 199 Å². The third-order valence-corrected chi connectivity index (χ3v) is 10.9. The lowest BCUT2D eigenvalue weighted by Crippen LogP contribution is -1.93. The molecule has 0 aliphatic rings. The average molecular weight is 673 g/mol. The van der Waals surface area contributed by atoms with Gasteiger partial charge in [-0.3, -0.25) is 4.40 Å². The van der Waals surface area contributed by atoms with Crippen LogP contribution in [0.25, 0.3) is 104 Å². The zero-order chi connectivity index (χ0) is 34.9. The number of hydrogen-bond donors (Lipinski definition) is 0. The molecule has 0 aliphatic heterocycles. The highest BCUT2D eigenvalue weighted by Gasteiger charge is 2.18. The van der Waals surface area contributed by atoms with Crippen molar-refractivity contribution in [3.8, 4) is 44.5 Å². The molecule has 11 aromatic rings. The minimum atomic E-state index is 0.994. The van der Waals surface area contributed by atoms with Crippen LogP contribution < -0.4 is 0 Å². The normalized spacial score (nSPS) is 11.8. The molecule has 0 unspecified atom stereocenters.